The summed E-state index contributed by atoms with van der Waals surface area (Å²) < 4.78 is 32.8. The summed E-state index contributed by atoms with van der Waals surface area (Å²) in [5.74, 6) is -3.16. The van der Waals surface area contributed by atoms with Crippen LogP contribution in [0.3, 0.4) is 0 Å². The van der Waals surface area contributed by atoms with Crippen LogP contribution in [0, 0.1) is 21.4 Å². The van der Waals surface area contributed by atoms with Crippen LogP contribution < -0.4 is 5.32 Å². The Kier molecular flexibility index (Phi) is 3.99. The third kappa shape index (κ3) is 2.83. The fourth-order valence-corrected chi connectivity index (χ4v) is 2.61. The molecule has 1 atom stereocenters. The third-order valence-electron chi connectivity index (χ3n) is 3.85. The monoisotopic (exact) mass is 334 g/mol. The van der Waals surface area contributed by atoms with Crippen LogP contribution in [-0.4, -0.2) is 35.1 Å². The van der Waals surface area contributed by atoms with Crippen LogP contribution in [0.4, 0.5) is 20.2 Å². The van der Waals surface area contributed by atoms with Crippen LogP contribution in [0.1, 0.15) is 12.0 Å². The zero-order chi connectivity index (χ0) is 17.3. The van der Waals surface area contributed by atoms with Gasteiger partial charge < -0.3 is 10.1 Å². The van der Waals surface area contributed by atoms with Gasteiger partial charge in [-0.1, -0.05) is 0 Å². The first-order chi connectivity index (χ1) is 11.4. The summed E-state index contributed by atoms with van der Waals surface area (Å²) in [5.41, 5.74) is 0.151. The molecular weight excluding hydrogens is 322 g/mol. The average molecular weight is 334 g/mol. The fraction of sp³-hybridized carbons (Fsp3) is 0.333. The molecule has 1 N–H and O–H groups in total. The number of nitro groups is 1. The van der Waals surface area contributed by atoms with E-state index in [2.05, 4.69) is 10.3 Å². The number of pyridine rings is 1. The molecule has 1 aromatic carbocycles. The van der Waals surface area contributed by atoms with E-state index >= 15 is 0 Å². The number of hydrogen-bond donors (Lipinski definition) is 1. The molecule has 124 valence electrons. The minimum Gasteiger partial charge on any atom is -0.375 e. The summed E-state index contributed by atoms with van der Waals surface area (Å²) in [7, 11) is 0. The second-order valence-electron chi connectivity index (χ2n) is 5.42. The lowest BCUT2D eigenvalue weighted by Crippen LogP contribution is -2.47. The first-order valence-corrected chi connectivity index (χ1v) is 7.12. The van der Waals surface area contributed by atoms with Gasteiger partial charge in [0, 0.05) is 12.0 Å². The standard InChI is InChI=1S/C15H12F2N4O3/c16-15(17)8-24-4-3-13(15)20-14-10-5-9(6-18)1-2-11(10)19-7-12(14)21(22)23/h1-2,5,7,13H,3-4,8H2,(H,19,20). The topological polar surface area (TPSA) is 101 Å². The number of ether oxygens (including phenoxy) is 1. The Labute approximate surface area is 135 Å². The van der Waals surface area contributed by atoms with Crippen molar-refractivity contribution in [2.75, 3.05) is 18.5 Å². The molecule has 0 saturated carbocycles. The second-order valence-corrected chi connectivity index (χ2v) is 5.42. The highest BCUT2D eigenvalue weighted by Gasteiger charge is 2.43. The van der Waals surface area contributed by atoms with Gasteiger partial charge in [-0.3, -0.25) is 10.1 Å². The molecule has 0 radical (unpaired) electrons. The van der Waals surface area contributed by atoms with Gasteiger partial charge >= 0.3 is 5.69 Å². The highest BCUT2D eigenvalue weighted by atomic mass is 19.3. The second kappa shape index (κ2) is 5.98. The van der Waals surface area contributed by atoms with Crippen LogP contribution in [0.2, 0.25) is 0 Å². The Hall–Kier alpha value is -2.86. The molecule has 0 amide bonds. The maximum Gasteiger partial charge on any atom is 0.311 e. The fourth-order valence-electron chi connectivity index (χ4n) is 2.61. The van der Waals surface area contributed by atoms with Crippen molar-refractivity contribution in [1.29, 1.82) is 5.26 Å². The maximum absolute atomic E-state index is 14.0. The minimum atomic E-state index is -3.16. The van der Waals surface area contributed by atoms with Crippen LogP contribution >= 0.6 is 0 Å². The lowest BCUT2D eigenvalue weighted by atomic mass is 10.0. The van der Waals surface area contributed by atoms with E-state index in [1.165, 1.54) is 18.2 Å². The van der Waals surface area contributed by atoms with Crippen molar-refractivity contribution in [3.8, 4) is 6.07 Å². The third-order valence-corrected chi connectivity index (χ3v) is 3.85. The molecular formula is C15H12F2N4O3. The van der Waals surface area contributed by atoms with E-state index in [4.69, 9.17) is 10.00 Å². The highest BCUT2D eigenvalue weighted by molar-refractivity contribution is 5.96. The Morgan fingerprint density at radius 3 is 2.96 bits per heavy atom. The van der Waals surface area contributed by atoms with E-state index in [9.17, 15) is 18.9 Å². The predicted molar refractivity (Wildman–Crippen MR) is 80.9 cm³/mol. The van der Waals surface area contributed by atoms with E-state index in [0.717, 1.165) is 6.20 Å². The molecule has 1 aliphatic rings. The number of nitrogens with zero attached hydrogens (tertiary/aromatic N) is 3. The SMILES string of the molecule is N#Cc1ccc2ncc([N+](=O)[O-])c(NC3CCOCC3(F)F)c2c1. The first-order valence-electron chi connectivity index (χ1n) is 7.12. The molecule has 1 aliphatic heterocycles. The smallest absolute Gasteiger partial charge is 0.311 e. The number of anilines is 1. The Bertz CT molecular complexity index is 850. The van der Waals surface area contributed by atoms with Crippen molar-refractivity contribution in [2.45, 2.75) is 18.4 Å². The number of nitrogens with one attached hydrogen (secondary N) is 1. The summed E-state index contributed by atoms with van der Waals surface area (Å²) in [6, 6.07) is 5.04. The number of hydrogen-bond acceptors (Lipinski definition) is 6. The molecule has 2 heterocycles. The number of aromatic nitrogens is 1. The molecule has 9 heteroatoms. The summed E-state index contributed by atoms with van der Waals surface area (Å²) in [5, 5.41) is 23.1. The molecule has 3 rings (SSSR count). The first kappa shape index (κ1) is 16.0. The summed E-state index contributed by atoms with van der Waals surface area (Å²) >= 11 is 0. The molecule has 2 aromatic rings. The molecule has 24 heavy (non-hydrogen) atoms. The Balaban J connectivity index is 2.14. The molecule has 0 bridgehead atoms. The largest absolute Gasteiger partial charge is 0.375 e. The van der Waals surface area contributed by atoms with E-state index in [1.807, 2.05) is 6.07 Å². The number of halogens is 2. The normalized spacial score (nSPS) is 19.6. The van der Waals surface area contributed by atoms with Crippen LogP contribution in [-0.2, 0) is 4.74 Å². The van der Waals surface area contributed by atoms with Crippen molar-refractivity contribution in [3.63, 3.8) is 0 Å². The van der Waals surface area contributed by atoms with Crippen LogP contribution in [0.5, 0.6) is 0 Å². The van der Waals surface area contributed by atoms with Gasteiger partial charge in [0.15, 0.2) is 0 Å². The van der Waals surface area contributed by atoms with Crippen molar-refractivity contribution in [2.24, 2.45) is 0 Å². The van der Waals surface area contributed by atoms with Gasteiger partial charge in [0.1, 0.15) is 18.5 Å². The van der Waals surface area contributed by atoms with Gasteiger partial charge in [0.2, 0.25) is 0 Å². The molecule has 7 nitrogen and oxygen atoms in total. The summed E-state index contributed by atoms with van der Waals surface area (Å²) in [6.07, 6.45) is 1.03. The predicted octanol–water partition coefficient (Wildman–Crippen LogP) is 2.85. The zero-order valence-corrected chi connectivity index (χ0v) is 12.3. The van der Waals surface area contributed by atoms with E-state index in [1.54, 1.807) is 0 Å². The van der Waals surface area contributed by atoms with Gasteiger partial charge in [-0.2, -0.15) is 5.26 Å². The summed E-state index contributed by atoms with van der Waals surface area (Å²) in [6.45, 7) is -0.613. The number of fused-ring (bicyclic) bond motifs is 1. The number of alkyl halides is 2. The minimum absolute atomic E-state index is 0.00586. The van der Waals surface area contributed by atoms with Gasteiger partial charge in [-0.15, -0.1) is 0 Å². The van der Waals surface area contributed by atoms with Crippen molar-refractivity contribution in [3.05, 3.63) is 40.1 Å². The lowest BCUT2D eigenvalue weighted by molar-refractivity contribution is -0.384. The van der Waals surface area contributed by atoms with E-state index < -0.39 is 29.2 Å². The van der Waals surface area contributed by atoms with Crippen LogP contribution in [0.15, 0.2) is 24.4 Å². The number of rotatable bonds is 3. The maximum atomic E-state index is 14.0. The van der Waals surface area contributed by atoms with Crippen molar-refractivity contribution in [1.82, 2.24) is 4.98 Å². The molecule has 0 aliphatic carbocycles. The van der Waals surface area contributed by atoms with E-state index in [0.29, 0.717) is 5.52 Å². The molecule has 1 aromatic heterocycles. The van der Waals surface area contributed by atoms with Gasteiger partial charge in [-0.25, -0.2) is 13.8 Å². The summed E-state index contributed by atoms with van der Waals surface area (Å²) in [4.78, 5) is 14.5. The molecule has 1 fully saturated rings. The lowest BCUT2D eigenvalue weighted by Gasteiger charge is -2.32. The molecule has 1 unspecified atom stereocenters. The number of benzene rings is 1. The Morgan fingerprint density at radius 2 is 2.29 bits per heavy atom. The van der Waals surface area contributed by atoms with E-state index in [-0.39, 0.29) is 29.7 Å². The molecule has 1 saturated heterocycles. The van der Waals surface area contributed by atoms with Crippen LogP contribution in [0.25, 0.3) is 10.9 Å². The van der Waals surface area contributed by atoms with Gasteiger partial charge in [-0.05, 0) is 24.6 Å². The van der Waals surface area contributed by atoms with Crippen molar-refractivity contribution < 1.29 is 18.4 Å². The van der Waals surface area contributed by atoms with Crippen molar-refractivity contribution >= 4 is 22.3 Å². The Morgan fingerprint density at radius 1 is 1.50 bits per heavy atom. The number of nitriles is 1. The quantitative estimate of drug-likeness (QED) is 0.684. The van der Waals surface area contributed by atoms with Gasteiger partial charge in [0.25, 0.3) is 5.92 Å². The zero-order valence-electron chi connectivity index (χ0n) is 12.3. The van der Waals surface area contributed by atoms with Gasteiger partial charge in [0.05, 0.1) is 28.1 Å². The molecule has 0 spiro atoms. The average Bonchev–Trinajstić information content (AvgIpc) is 2.56. The highest BCUT2D eigenvalue weighted by Crippen LogP contribution is 2.36.